The first-order chi connectivity index (χ1) is 7.65. The van der Waals surface area contributed by atoms with Crippen LogP contribution >= 0.6 is 0 Å². The van der Waals surface area contributed by atoms with Crippen molar-refractivity contribution in [3.05, 3.63) is 23.8 Å². The number of nitrogens with one attached hydrogen (secondary N) is 1. The summed E-state index contributed by atoms with van der Waals surface area (Å²) in [4.78, 5) is 0. The molecule has 1 aliphatic heterocycles. The number of hydrogen-bond donors (Lipinski definition) is 2. The predicted molar refractivity (Wildman–Crippen MR) is 67.6 cm³/mol. The molecule has 1 aromatic carbocycles. The smallest absolute Gasteiger partial charge is 0.0514 e. The van der Waals surface area contributed by atoms with E-state index in [9.17, 15) is 0 Å². The normalized spacial score (nSPS) is 22.0. The van der Waals surface area contributed by atoms with E-state index < -0.39 is 0 Å². The molecule has 3 N–H and O–H groups in total. The molecule has 0 amide bonds. The minimum Gasteiger partial charge on any atom is -0.399 e. The lowest BCUT2D eigenvalue weighted by molar-refractivity contribution is 0.183. The lowest BCUT2D eigenvalue weighted by Gasteiger charge is -2.21. The zero-order valence-electron chi connectivity index (χ0n) is 9.99. The molecule has 1 saturated heterocycles. The zero-order chi connectivity index (χ0) is 11.5. The van der Waals surface area contributed by atoms with Crippen LogP contribution in [0.2, 0.25) is 0 Å². The summed E-state index contributed by atoms with van der Waals surface area (Å²) >= 11 is 0. The van der Waals surface area contributed by atoms with Crippen LogP contribution in [0.15, 0.2) is 18.2 Å². The topological polar surface area (TPSA) is 47.3 Å². The number of hydrogen-bond acceptors (Lipinski definition) is 3. The van der Waals surface area contributed by atoms with E-state index in [4.69, 9.17) is 10.5 Å². The van der Waals surface area contributed by atoms with Crippen LogP contribution in [0.5, 0.6) is 0 Å². The van der Waals surface area contributed by atoms with E-state index in [1.165, 1.54) is 5.56 Å². The Morgan fingerprint density at radius 2 is 2.25 bits per heavy atom. The van der Waals surface area contributed by atoms with Gasteiger partial charge in [-0.3, -0.25) is 0 Å². The Hall–Kier alpha value is -1.22. The van der Waals surface area contributed by atoms with Crippen LogP contribution in [0.1, 0.15) is 18.9 Å². The van der Waals surface area contributed by atoms with E-state index in [2.05, 4.69) is 25.2 Å². The van der Waals surface area contributed by atoms with Crippen molar-refractivity contribution in [3.8, 4) is 0 Å². The van der Waals surface area contributed by atoms with Gasteiger partial charge in [0.25, 0.3) is 0 Å². The Morgan fingerprint density at radius 1 is 1.44 bits per heavy atom. The number of rotatable bonds is 3. The van der Waals surface area contributed by atoms with Crippen molar-refractivity contribution in [2.75, 3.05) is 24.3 Å². The Bertz CT molecular complexity index is 339. The van der Waals surface area contributed by atoms with Gasteiger partial charge in [-0.1, -0.05) is 0 Å². The Labute approximate surface area is 97.0 Å². The van der Waals surface area contributed by atoms with Crippen molar-refractivity contribution in [2.45, 2.75) is 26.3 Å². The average Bonchev–Trinajstić information content (AvgIpc) is 2.68. The summed E-state index contributed by atoms with van der Waals surface area (Å²) in [5.74, 6) is 0.613. The van der Waals surface area contributed by atoms with Gasteiger partial charge >= 0.3 is 0 Å². The predicted octanol–water partition coefficient (Wildman–Crippen LogP) is 2.41. The fourth-order valence-electron chi connectivity index (χ4n) is 2.22. The molecule has 1 fully saturated rings. The SMILES string of the molecule is Cc1cc(N)cc(NC(C)C2CCOC2)c1. The maximum absolute atomic E-state index is 5.82. The van der Waals surface area contributed by atoms with Crippen molar-refractivity contribution in [3.63, 3.8) is 0 Å². The third kappa shape index (κ3) is 2.67. The molecule has 0 aliphatic carbocycles. The highest BCUT2D eigenvalue weighted by atomic mass is 16.5. The molecule has 0 saturated carbocycles. The van der Waals surface area contributed by atoms with Crippen LogP contribution in [0.25, 0.3) is 0 Å². The number of nitrogen functional groups attached to an aromatic ring is 1. The molecule has 3 nitrogen and oxygen atoms in total. The van der Waals surface area contributed by atoms with Gasteiger partial charge in [-0.15, -0.1) is 0 Å². The zero-order valence-corrected chi connectivity index (χ0v) is 9.99. The van der Waals surface area contributed by atoms with E-state index in [-0.39, 0.29) is 0 Å². The standard InChI is InChI=1S/C13H20N2O/c1-9-5-12(14)7-13(6-9)15-10(2)11-3-4-16-8-11/h5-7,10-11,15H,3-4,8,14H2,1-2H3. The summed E-state index contributed by atoms with van der Waals surface area (Å²) in [6, 6.07) is 6.53. The number of nitrogens with two attached hydrogens (primary N) is 1. The maximum atomic E-state index is 5.82. The molecular weight excluding hydrogens is 200 g/mol. The minimum atomic E-state index is 0.434. The Balaban J connectivity index is 2.02. The Morgan fingerprint density at radius 3 is 2.88 bits per heavy atom. The van der Waals surface area contributed by atoms with Crippen molar-refractivity contribution >= 4 is 11.4 Å². The van der Waals surface area contributed by atoms with Crippen molar-refractivity contribution in [1.29, 1.82) is 0 Å². The molecule has 2 atom stereocenters. The highest BCUT2D eigenvalue weighted by Crippen LogP contribution is 2.22. The average molecular weight is 220 g/mol. The number of benzene rings is 1. The van der Waals surface area contributed by atoms with Gasteiger partial charge in [-0.05, 0) is 44.0 Å². The molecule has 88 valence electrons. The number of ether oxygens (including phenoxy) is 1. The first-order valence-electron chi connectivity index (χ1n) is 5.86. The van der Waals surface area contributed by atoms with E-state index >= 15 is 0 Å². The quantitative estimate of drug-likeness (QED) is 0.769. The lowest BCUT2D eigenvalue weighted by atomic mass is 10.0. The highest BCUT2D eigenvalue weighted by molar-refractivity contribution is 5.57. The number of aryl methyl sites for hydroxylation is 1. The van der Waals surface area contributed by atoms with Gasteiger partial charge < -0.3 is 15.8 Å². The van der Waals surface area contributed by atoms with Crippen LogP contribution in [0.4, 0.5) is 11.4 Å². The molecule has 0 spiro atoms. The van der Waals surface area contributed by atoms with Gasteiger partial charge in [0.2, 0.25) is 0 Å². The second kappa shape index (κ2) is 4.74. The summed E-state index contributed by atoms with van der Waals surface area (Å²) < 4.78 is 5.40. The summed E-state index contributed by atoms with van der Waals surface area (Å²) in [7, 11) is 0. The first kappa shape index (κ1) is 11.3. The van der Waals surface area contributed by atoms with Crippen LogP contribution in [0, 0.1) is 12.8 Å². The largest absolute Gasteiger partial charge is 0.399 e. The van der Waals surface area contributed by atoms with Gasteiger partial charge in [-0.2, -0.15) is 0 Å². The molecule has 1 heterocycles. The van der Waals surface area contributed by atoms with Gasteiger partial charge in [0.15, 0.2) is 0 Å². The summed E-state index contributed by atoms with van der Waals surface area (Å²) in [5, 5.41) is 3.51. The van der Waals surface area contributed by atoms with Crippen molar-refractivity contribution < 1.29 is 4.74 Å². The third-order valence-corrected chi connectivity index (χ3v) is 3.17. The van der Waals surface area contributed by atoms with Gasteiger partial charge in [-0.25, -0.2) is 0 Å². The maximum Gasteiger partial charge on any atom is 0.0514 e. The Kier molecular flexibility index (Phi) is 3.34. The first-order valence-corrected chi connectivity index (χ1v) is 5.86. The van der Waals surface area contributed by atoms with Crippen molar-refractivity contribution in [2.24, 2.45) is 5.92 Å². The molecule has 2 rings (SSSR count). The summed E-state index contributed by atoms with van der Waals surface area (Å²) in [6.45, 7) is 6.03. The second-order valence-electron chi connectivity index (χ2n) is 4.69. The molecule has 0 radical (unpaired) electrons. The van der Waals surface area contributed by atoms with Crippen LogP contribution in [-0.4, -0.2) is 19.3 Å². The third-order valence-electron chi connectivity index (χ3n) is 3.17. The van der Waals surface area contributed by atoms with Crippen LogP contribution < -0.4 is 11.1 Å². The van der Waals surface area contributed by atoms with Gasteiger partial charge in [0.05, 0.1) is 6.61 Å². The summed E-state index contributed by atoms with van der Waals surface area (Å²) in [6.07, 6.45) is 1.15. The molecule has 2 unspecified atom stereocenters. The summed E-state index contributed by atoms with van der Waals surface area (Å²) in [5.41, 5.74) is 8.94. The fraction of sp³-hybridized carbons (Fsp3) is 0.538. The van der Waals surface area contributed by atoms with E-state index in [1.54, 1.807) is 0 Å². The molecule has 3 heteroatoms. The van der Waals surface area contributed by atoms with Crippen molar-refractivity contribution in [1.82, 2.24) is 0 Å². The minimum absolute atomic E-state index is 0.434. The molecule has 0 bridgehead atoms. The molecule has 16 heavy (non-hydrogen) atoms. The van der Waals surface area contributed by atoms with Gasteiger partial charge in [0, 0.05) is 29.9 Å². The van der Waals surface area contributed by atoms with E-state index in [1.807, 2.05) is 12.1 Å². The van der Waals surface area contributed by atoms with Crippen LogP contribution in [-0.2, 0) is 4.74 Å². The monoisotopic (exact) mass is 220 g/mol. The highest BCUT2D eigenvalue weighted by Gasteiger charge is 2.22. The molecule has 1 aliphatic rings. The van der Waals surface area contributed by atoms with E-state index in [0.717, 1.165) is 31.0 Å². The van der Waals surface area contributed by atoms with Crippen LogP contribution in [0.3, 0.4) is 0 Å². The molecule has 1 aromatic rings. The molecular formula is C13H20N2O. The van der Waals surface area contributed by atoms with E-state index in [0.29, 0.717) is 12.0 Å². The lowest BCUT2D eigenvalue weighted by Crippen LogP contribution is -2.26. The number of anilines is 2. The van der Waals surface area contributed by atoms with Gasteiger partial charge in [0.1, 0.15) is 0 Å². The molecule has 0 aromatic heterocycles. The fourth-order valence-corrected chi connectivity index (χ4v) is 2.22. The second-order valence-corrected chi connectivity index (χ2v) is 4.69.